The molecular formula is C10H22N2. The summed E-state index contributed by atoms with van der Waals surface area (Å²) in [6.07, 6.45) is 3.96. The Hall–Kier alpha value is -0.0800. The molecule has 0 aromatic rings. The standard InChI is InChI=1S/C10H22N2/c1-3-12-6-4-5-10(8-12)7-9(2)11/h9-10H,3-8,11H2,1-2H3. The predicted molar refractivity (Wildman–Crippen MR) is 53.1 cm³/mol. The van der Waals surface area contributed by atoms with E-state index in [1.54, 1.807) is 0 Å². The van der Waals surface area contributed by atoms with Crippen molar-refractivity contribution in [3.8, 4) is 0 Å². The Bertz CT molecular complexity index is 123. The molecule has 2 N–H and O–H groups in total. The van der Waals surface area contributed by atoms with Gasteiger partial charge in [0.1, 0.15) is 0 Å². The van der Waals surface area contributed by atoms with Gasteiger partial charge in [0.2, 0.25) is 0 Å². The van der Waals surface area contributed by atoms with Gasteiger partial charge in [-0.2, -0.15) is 0 Å². The maximum Gasteiger partial charge on any atom is 0.00135 e. The van der Waals surface area contributed by atoms with Gasteiger partial charge in [0.25, 0.3) is 0 Å². The maximum atomic E-state index is 5.79. The lowest BCUT2D eigenvalue weighted by molar-refractivity contribution is 0.172. The average molecular weight is 170 g/mol. The minimum absolute atomic E-state index is 0.381. The SMILES string of the molecule is CCN1CCCC(CC(C)N)C1. The molecule has 2 unspecified atom stereocenters. The summed E-state index contributed by atoms with van der Waals surface area (Å²) in [5.74, 6) is 0.860. The zero-order valence-corrected chi connectivity index (χ0v) is 8.42. The summed E-state index contributed by atoms with van der Waals surface area (Å²) in [6, 6.07) is 0.381. The summed E-state index contributed by atoms with van der Waals surface area (Å²) >= 11 is 0. The number of rotatable bonds is 3. The second-order valence-corrected chi connectivity index (χ2v) is 4.11. The topological polar surface area (TPSA) is 29.3 Å². The molecule has 0 radical (unpaired) electrons. The van der Waals surface area contributed by atoms with E-state index in [4.69, 9.17) is 5.73 Å². The molecule has 0 aliphatic carbocycles. The van der Waals surface area contributed by atoms with Crippen molar-refractivity contribution >= 4 is 0 Å². The van der Waals surface area contributed by atoms with Crippen molar-refractivity contribution in [1.29, 1.82) is 0 Å². The summed E-state index contributed by atoms with van der Waals surface area (Å²) in [7, 11) is 0. The molecule has 12 heavy (non-hydrogen) atoms. The second kappa shape index (κ2) is 4.83. The van der Waals surface area contributed by atoms with Crippen LogP contribution in [0.25, 0.3) is 0 Å². The number of hydrogen-bond donors (Lipinski definition) is 1. The minimum Gasteiger partial charge on any atom is -0.328 e. The van der Waals surface area contributed by atoms with Crippen molar-refractivity contribution in [2.75, 3.05) is 19.6 Å². The van der Waals surface area contributed by atoms with Crippen LogP contribution in [0.15, 0.2) is 0 Å². The highest BCUT2D eigenvalue weighted by molar-refractivity contribution is 4.74. The Balaban J connectivity index is 2.25. The van der Waals surface area contributed by atoms with Gasteiger partial charge in [-0.25, -0.2) is 0 Å². The zero-order valence-electron chi connectivity index (χ0n) is 8.42. The van der Waals surface area contributed by atoms with E-state index in [2.05, 4.69) is 18.7 Å². The molecule has 72 valence electrons. The molecule has 1 saturated heterocycles. The van der Waals surface area contributed by atoms with Gasteiger partial charge < -0.3 is 10.6 Å². The molecule has 0 spiro atoms. The maximum absolute atomic E-state index is 5.79. The molecule has 1 heterocycles. The number of piperidine rings is 1. The van der Waals surface area contributed by atoms with Crippen LogP contribution in [-0.4, -0.2) is 30.6 Å². The van der Waals surface area contributed by atoms with Gasteiger partial charge >= 0.3 is 0 Å². The Morgan fingerprint density at radius 3 is 2.92 bits per heavy atom. The largest absolute Gasteiger partial charge is 0.328 e. The number of nitrogens with zero attached hydrogens (tertiary/aromatic N) is 1. The van der Waals surface area contributed by atoms with Crippen LogP contribution < -0.4 is 5.73 Å². The quantitative estimate of drug-likeness (QED) is 0.694. The number of nitrogens with two attached hydrogens (primary N) is 1. The predicted octanol–water partition coefficient (Wildman–Crippen LogP) is 1.46. The molecular weight excluding hydrogens is 148 g/mol. The van der Waals surface area contributed by atoms with E-state index in [0.717, 1.165) is 5.92 Å². The van der Waals surface area contributed by atoms with E-state index in [-0.39, 0.29) is 0 Å². The molecule has 2 nitrogen and oxygen atoms in total. The van der Waals surface area contributed by atoms with Crippen LogP contribution in [-0.2, 0) is 0 Å². The molecule has 1 fully saturated rings. The number of likely N-dealkylation sites (tertiary alicyclic amines) is 1. The van der Waals surface area contributed by atoms with Crippen LogP contribution in [0.5, 0.6) is 0 Å². The van der Waals surface area contributed by atoms with Gasteiger partial charge in [0.15, 0.2) is 0 Å². The minimum atomic E-state index is 0.381. The summed E-state index contributed by atoms with van der Waals surface area (Å²) in [6.45, 7) is 8.14. The molecule has 1 aliphatic rings. The number of hydrogen-bond acceptors (Lipinski definition) is 2. The third kappa shape index (κ3) is 3.11. The van der Waals surface area contributed by atoms with Crippen LogP contribution in [0.1, 0.15) is 33.1 Å². The van der Waals surface area contributed by atoms with Gasteiger partial charge in [-0.1, -0.05) is 6.92 Å². The van der Waals surface area contributed by atoms with Crippen molar-refractivity contribution in [3.05, 3.63) is 0 Å². The summed E-state index contributed by atoms with van der Waals surface area (Å²) < 4.78 is 0. The fraction of sp³-hybridized carbons (Fsp3) is 1.00. The molecule has 0 saturated carbocycles. The Morgan fingerprint density at radius 1 is 1.58 bits per heavy atom. The third-order valence-electron chi connectivity index (χ3n) is 2.76. The van der Waals surface area contributed by atoms with E-state index < -0.39 is 0 Å². The Kier molecular flexibility index (Phi) is 4.02. The van der Waals surface area contributed by atoms with Crippen molar-refractivity contribution in [3.63, 3.8) is 0 Å². The van der Waals surface area contributed by atoms with Gasteiger partial charge in [0.05, 0.1) is 0 Å². The van der Waals surface area contributed by atoms with Crippen molar-refractivity contribution in [2.24, 2.45) is 11.7 Å². The van der Waals surface area contributed by atoms with E-state index in [9.17, 15) is 0 Å². The van der Waals surface area contributed by atoms with Crippen LogP contribution in [0.2, 0.25) is 0 Å². The fourth-order valence-corrected chi connectivity index (χ4v) is 2.16. The van der Waals surface area contributed by atoms with Crippen LogP contribution in [0.3, 0.4) is 0 Å². The van der Waals surface area contributed by atoms with Crippen molar-refractivity contribution in [2.45, 2.75) is 39.2 Å². The molecule has 2 heteroatoms. The Morgan fingerprint density at radius 2 is 2.33 bits per heavy atom. The zero-order chi connectivity index (χ0) is 8.97. The molecule has 0 bridgehead atoms. The monoisotopic (exact) mass is 170 g/mol. The second-order valence-electron chi connectivity index (χ2n) is 4.11. The van der Waals surface area contributed by atoms with E-state index in [0.29, 0.717) is 6.04 Å². The smallest absolute Gasteiger partial charge is 0.00135 e. The molecule has 1 rings (SSSR count). The van der Waals surface area contributed by atoms with Crippen LogP contribution in [0.4, 0.5) is 0 Å². The molecule has 1 aliphatic heterocycles. The first kappa shape index (κ1) is 10.0. The average Bonchev–Trinajstić information content (AvgIpc) is 2.03. The first-order valence-electron chi connectivity index (χ1n) is 5.20. The highest BCUT2D eigenvalue weighted by Crippen LogP contribution is 2.19. The van der Waals surface area contributed by atoms with Gasteiger partial charge in [-0.3, -0.25) is 0 Å². The highest BCUT2D eigenvalue weighted by Gasteiger charge is 2.19. The lowest BCUT2D eigenvalue weighted by Gasteiger charge is -2.32. The van der Waals surface area contributed by atoms with Crippen molar-refractivity contribution < 1.29 is 0 Å². The van der Waals surface area contributed by atoms with Crippen LogP contribution >= 0.6 is 0 Å². The fourth-order valence-electron chi connectivity index (χ4n) is 2.16. The van der Waals surface area contributed by atoms with E-state index >= 15 is 0 Å². The molecule has 0 aromatic heterocycles. The summed E-state index contributed by atoms with van der Waals surface area (Å²) in [5, 5.41) is 0. The van der Waals surface area contributed by atoms with E-state index in [1.165, 1.54) is 38.9 Å². The molecule has 0 aromatic carbocycles. The van der Waals surface area contributed by atoms with Gasteiger partial charge in [0, 0.05) is 12.6 Å². The van der Waals surface area contributed by atoms with E-state index in [1.807, 2.05) is 0 Å². The highest BCUT2D eigenvalue weighted by atomic mass is 15.1. The Labute approximate surface area is 76.1 Å². The lowest BCUT2D eigenvalue weighted by atomic mass is 9.92. The van der Waals surface area contributed by atoms with Crippen molar-refractivity contribution in [1.82, 2.24) is 4.90 Å². The van der Waals surface area contributed by atoms with Gasteiger partial charge in [-0.05, 0) is 45.2 Å². The lowest BCUT2D eigenvalue weighted by Crippen LogP contribution is -2.37. The van der Waals surface area contributed by atoms with Gasteiger partial charge in [-0.15, -0.1) is 0 Å². The molecule has 0 amide bonds. The first-order valence-corrected chi connectivity index (χ1v) is 5.20. The summed E-state index contributed by atoms with van der Waals surface area (Å²) in [5.41, 5.74) is 5.79. The van der Waals surface area contributed by atoms with Crippen LogP contribution in [0, 0.1) is 5.92 Å². The first-order chi connectivity index (χ1) is 5.72. The normalized spacial score (nSPS) is 28.8. The summed E-state index contributed by atoms with van der Waals surface area (Å²) in [4.78, 5) is 2.54. The third-order valence-corrected chi connectivity index (χ3v) is 2.76. The molecule has 2 atom stereocenters.